The van der Waals surface area contributed by atoms with Gasteiger partial charge in [-0.05, 0) is 17.5 Å². The predicted octanol–water partition coefficient (Wildman–Crippen LogP) is 3.18. The largest absolute Gasteiger partial charge is 0.337 e. The molecular weight excluding hydrogens is 191 g/mol. The second kappa shape index (κ2) is 5.50. The Bertz CT molecular complexity index is 234. The molecule has 14 heavy (non-hydrogen) atoms. The van der Waals surface area contributed by atoms with Crippen LogP contribution in [0.1, 0.15) is 27.7 Å². The summed E-state index contributed by atoms with van der Waals surface area (Å²) in [4.78, 5) is 4.06. The van der Waals surface area contributed by atoms with Crippen molar-refractivity contribution in [2.75, 3.05) is 6.16 Å². The third-order valence-electron chi connectivity index (χ3n) is 2.50. The van der Waals surface area contributed by atoms with Crippen LogP contribution in [0.2, 0.25) is 0 Å². The van der Waals surface area contributed by atoms with E-state index < -0.39 is 0 Å². The molecule has 80 valence electrons. The number of rotatable bonds is 5. The number of aryl methyl sites for hydroxylation is 1. The molecule has 0 N–H and O–H groups in total. The molecule has 1 rings (SSSR count). The van der Waals surface area contributed by atoms with Crippen LogP contribution >= 0.6 is 7.92 Å². The molecule has 2 nitrogen and oxygen atoms in total. The molecule has 0 aromatic carbocycles. The minimum atomic E-state index is 0.168. The first-order valence-corrected chi connectivity index (χ1v) is 6.99. The van der Waals surface area contributed by atoms with Crippen LogP contribution in [0, 0.1) is 0 Å². The maximum Gasteiger partial charge on any atom is 0.0946 e. The number of nitrogens with zero attached hydrogens (tertiary/aromatic N) is 2. The fourth-order valence-corrected chi connectivity index (χ4v) is 4.45. The van der Waals surface area contributed by atoms with Gasteiger partial charge in [-0.1, -0.05) is 35.6 Å². The summed E-state index contributed by atoms with van der Waals surface area (Å²) in [5.74, 6) is 0. The summed E-state index contributed by atoms with van der Waals surface area (Å²) in [6.07, 6.45) is 7.14. The Kier molecular flexibility index (Phi) is 4.60. The van der Waals surface area contributed by atoms with Crippen molar-refractivity contribution in [3.63, 3.8) is 0 Å². The van der Waals surface area contributed by atoms with E-state index >= 15 is 0 Å². The first kappa shape index (κ1) is 11.7. The highest BCUT2D eigenvalue weighted by molar-refractivity contribution is 7.59. The average Bonchev–Trinajstić information content (AvgIpc) is 2.55. The van der Waals surface area contributed by atoms with Crippen molar-refractivity contribution in [1.29, 1.82) is 0 Å². The quantitative estimate of drug-likeness (QED) is 0.685. The van der Waals surface area contributed by atoms with Gasteiger partial charge < -0.3 is 4.57 Å². The van der Waals surface area contributed by atoms with E-state index in [1.807, 2.05) is 18.7 Å². The van der Waals surface area contributed by atoms with Gasteiger partial charge in [-0.15, -0.1) is 0 Å². The third-order valence-corrected chi connectivity index (χ3v) is 5.87. The minimum absolute atomic E-state index is 0.168. The lowest BCUT2D eigenvalue weighted by Crippen LogP contribution is -2.10. The van der Waals surface area contributed by atoms with Crippen LogP contribution in [0.15, 0.2) is 18.7 Å². The second-order valence-corrected chi connectivity index (χ2v) is 7.77. The van der Waals surface area contributed by atoms with Crippen molar-refractivity contribution < 1.29 is 0 Å². The Morgan fingerprint density at radius 2 is 1.86 bits per heavy atom. The summed E-state index contributed by atoms with van der Waals surface area (Å²) in [7, 11) is 0.168. The second-order valence-electron chi connectivity index (χ2n) is 4.23. The van der Waals surface area contributed by atoms with Gasteiger partial charge in [0.15, 0.2) is 0 Å². The Morgan fingerprint density at radius 1 is 1.21 bits per heavy atom. The predicted molar refractivity (Wildman–Crippen MR) is 64.3 cm³/mol. The van der Waals surface area contributed by atoms with E-state index in [9.17, 15) is 0 Å². The molecule has 0 radical (unpaired) electrons. The Labute approximate surface area is 88.5 Å². The first-order valence-electron chi connectivity index (χ1n) is 5.32. The summed E-state index contributed by atoms with van der Waals surface area (Å²) >= 11 is 0. The lowest BCUT2D eigenvalue weighted by Gasteiger charge is -2.25. The van der Waals surface area contributed by atoms with Crippen molar-refractivity contribution in [1.82, 2.24) is 9.55 Å². The van der Waals surface area contributed by atoms with E-state index in [4.69, 9.17) is 0 Å². The molecule has 3 heteroatoms. The molecule has 0 aliphatic carbocycles. The van der Waals surface area contributed by atoms with Gasteiger partial charge in [0, 0.05) is 18.9 Å². The zero-order valence-electron chi connectivity index (χ0n) is 9.64. The van der Waals surface area contributed by atoms with Crippen molar-refractivity contribution in [3.8, 4) is 0 Å². The molecule has 0 saturated heterocycles. The molecule has 0 amide bonds. The van der Waals surface area contributed by atoms with Crippen LogP contribution in [-0.4, -0.2) is 27.0 Å². The van der Waals surface area contributed by atoms with Gasteiger partial charge in [0.1, 0.15) is 0 Å². The normalized spacial score (nSPS) is 11.9. The smallest absolute Gasteiger partial charge is 0.0946 e. The molecule has 0 fully saturated rings. The molecule has 1 aromatic heterocycles. The van der Waals surface area contributed by atoms with Crippen molar-refractivity contribution in [3.05, 3.63) is 18.7 Å². The van der Waals surface area contributed by atoms with Crippen molar-refractivity contribution >= 4 is 7.92 Å². The standard InChI is InChI=1S/C11H21N2P/c1-10(2)14(11(3)4)8-7-13-6-5-12-9-13/h5-6,9-11H,7-8H2,1-4H3. The molecule has 0 atom stereocenters. The van der Waals surface area contributed by atoms with Crippen LogP contribution in [0.3, 0.4) is 0 Å². The molecule has 0 unspecified atom stereocenters. The maximum atomic E-state index is 4.06. The average molecular weight is 212 g/mol. The van der Waals surface area contributed by atoms with E-state index in [1.54, 1.807) is 0 Å². The fourth-order valence-electron chi connectivity index (χ4n) is 1.76. The van der Waals surface area contributed by atoms with Gasteiger partial charge in [0.2, 0.25) is 0 Å². The topological polar surface area (TPSA) is 17.8 Å². The third kappa shape index (κ3) is 3.42. The van der Waals surface area contributed by atoms with Gasteiger partial charge >= 0.3 is 0 Å². The van der Waals surface area contributed by atoms with Crippen LogP contribution in [0.5, 0.6) is 0 Å². The minimum Gasteiger partial charge on any atom is -0.337 e. The number of hydrogen-bond donors (Lipinski definition) is 0. The zero-order chi connectivity index (χ0) is 10.6. The molecule has 0 spiro atoms. The van der Waals surface area contributed by atoms with Gasteiger partial charge in [0.25, 0.3) is 0 Å². The molecule has 0 aliphatic heterocycles. The van der Waals surface area contributed by atoms with E-state index in [0.717, 1.165) is 17.9 Å². The Hall–Kier alpha value is -0.360. The summed E-state index contributed by atoms with van der Waals surface area (Å²) in [5.41, 5.74) is 1.68. The van der Waals surface area contributed by atoms with E-state index in [0.29, 0.717) is 0 Å². The lowest BCUT2D eigenvalue weighted by atomic mass is 10.5. The Morgan fingerprint density at radius 3 is 2.29 bits per heavy atom. The summed E-state index contributed by atoms with van der Waals surface area (Å²) < 4.78 is 2.18. The molecule has 0 bridgehead atoms. The number of aromatic nitrogens is 2. The van der Waals surface area contributed by atoms with E-state index in [2.05, 4.69) is 37.2 Å². The van der Waals surface area contributed by atoms with Gasteiger partial charge in [-0.2, -0.15) is 0 Å². The van der Waals surface area contributed by atoms with E-state index in [1.165, 1.54) is 6.16 Å². The van der Waals surface area contributed by atoms with Crippen molar-refractivity contribution in [2.24, 2.45) is 0 Å². The molecule has 0 saturated carbocycles. The fraction of sp³-hybridized carbons (Fsp3) is 0.727. The van der Waals surface area contributed by atoms with Crippen LogP contribution in [0.4, 0.5) is 0 Å². The highest BCUT2D eigenvalue weighted by atomic mass is 31.1. The van der Waals surface area contributed by atoms with Gasteiger partial charge in [0.05, 0.1) is 6.33 Å². The highest BCUT2D eigenvalue weighted by Crippen LogP contribution is 2.45. The van der Waals surface area contributed by atoms with Crippen LogP contribution < -0.4 is 0 Å². The zero-order valence-corrected chi connectivity index (χ0v) is 10.5. The summed E-state index contributed by atoms with van der Waals surface area (Å²) in [5, 5.41) is 0. The SMILES string of the molecule is CC(C)P(CCn1ccnc1)C(C)C. The lowest BCUT2D eigenvalue weighted by molar-refractivity contribution is 0.760. The molecule has 1 heterocycles. The highest BCUT2D eigenvalue weighted by Gasteiger charge is 2.15. The maximum absolute atomic E-state index is 4.06. The monoisotopic (exact) mass is 212 g/mol. The van der Waals surface area contributed by atoms with Gasteiger partial charge in [-0.3, -0.25) is 0 Å². The van der Waals surface area contributed by atoms with Crippen LogP contribution in [0.25, 0.3) is 0 Å². The molecule has 1 aromatic rings. The van der Waals surface area contributed by atoms with E-state index in [-0.39, 0.29) is 7.92 Å². The van der Waals surface area contributed by atoms with Gasteiger partial charge in [-0.25, -0.2) is 4.98 Å². The summed E-state index contributed by atoms with van der Waals surface area (Å²) in [6.45, 7) is 10.5. The van der Waals surface area contributed by atoms with Crippen molar-refractivity contribution in [2.45, 2.75) is 45.6 Å². The number of hydrogen-bond acceptors (Lipinski definition) is 1. The molecular formula is C11H21N2P. The number of imidazole rings is 1. The molecule has 0 aliphatic rings. The van der Waals surface area contributed by atoms with Crippen LogP contribution in [-0.2, 0) is 6.54 Å². The first-order chi connectivity index (χ1) is 6.61. The summed E-state index contributed by atoms with van der Waals surface area (Å²) in [6, 6.07) is 0. The Balaban J connectivity index is 2.41.